The lowest BCUT2D eigenvalue weighted by molar-refractivity contribution is -0.00124. The van der Waals surface area contributed by atoms with Crippen molar-refractivity contribution in [3.63, 3.8) is 0 Å². The van der Waals surface area contributed by atoms with Gasteiger partial charge in [-0.15, -0.1) is 0 Å². The Morgan fingerprint density at radius 3 is 1.56 bits per heavy atom. The molecule has 0 radical (unpaired) electrons. The second kappa shape index (κ2) is 11.6. The average molecular weight is 508 g/mol. The van der Waals surface area contributed by atoms with Crippen molar-refractivity contribution in [2.24, 2.45) is 5.73 Å². The van der Waals surface area contributed by atoms with Gasteiger partial charge in [-0.25, -0.2) is 0 Å². The van der Waals surface area contributed by atoms with E-state index >= 15 is 0 Å². The van der Waals surface area contributed by atoms with E-state index in [-0.39, 0.29) is 11.1 Å². The van der Waals surface area contributed by atoms with E-state index < -0.39 is 13.9 Å². The Bertz CT molecular complexity index is 1030. The Morgan fingerprint density at radius 1 is 0.694 bits per heavy atom. The van der Waals surface area contributed by atoms with E-state index in [4.69, 9.17) is 24.4 Å². The van der Waals surface area contributed by atoms with Crippen LogP contribution in [0.25, 0.3) is 0 Å². The Balaban J connectivity index is 2.02. The number of hydrogen-bond acceptors (Lipinski definition) is 5. The molecule has 36 heavy (non-hydrogen) atoms. The van der Waals surface area contributed by atoms with Crippen molar-refractivity contribution < 1.29 is 18.6 Å². The molecule has 0 saturated heterocycles. The van der Waals surface area contributed by atoms with E-state index in [1.807, 2.05) is 66.7 Å². The lowest BCUT2D eigenvalue weighted by Crippen LogP contribution is -2.46. The number of ether oxygens (including phenoxy) is 3. The molecule has 0 aliphatic carbocycles. The van der Waals surface area contributed by atoms with Crippen molar-refractivity contribution in [1.29, 1.82) is 0 Å². The molecule has 2 N–H and O–H groups in total. The van der Waals surface area contributed by atoms with Crippen LogP contribution in [0, 0.1) is 0 Å². The van der Waals surface area contributed by atoms with Crippen LogP contribution < -0.4 is 15.2 Å². The van der Waals surface area contributed by atoms with E-state index in [0.29, 0.717) is 13.2 Å². The average Bonchev–Trinajstić information content (AvgIpc) is 2.88. The molecule has 0 aromatic heterocycles. The van der Waals surface area contributed by atoms with Gasteiger partial charge in [0.2, 0.25) is 0 Å². The maximum absolute atomic E-state index is 6.88. The summed E-state index contributed by atoms with van der Waals surface area (Å²) in [5.74, 6) is 1.57. The molecule has 0 bridgehead atoms. The van der Waals surface area contributed by atoms with Gasteiger partial charge in [0.15, 0.2) is 8.32 Å². The van der Waals surface area contributed by atoms with Crippen LogP contribution in [0.4, 0.5) is 0 Å². The van der Waals surface area contributed by atoms with Crippen LogP contribution >= 0.6 is 0 Å². The van der Waals surface area contributed by atoms with Crippen LogP contribution in [0.3, 0.4) is 0 Å². The Labute approximate surface area is 217 Å². The molecule has 1 atom stereocenters. The third-order valence-electron chi connectivity index (χ3n) is 7.15. The molecule has 5 nitrogen and oxygen atoms in total. The fraction of sp³-hybridized carbons (Fsp3) is 0.400. The quantitative estimate of drug-likeness (QED) is 0.242. The summed E-state index contributed by atoms with van der Waals surface area (Å²) in [5, 5.41) is 0.119. The van der Waals surface area contributed by atoms with Crippen molar-refractivity contribution in [3.8, 4) is 11.5 Å². The SMILES string of the molecule is COc1ccc(C(OCC(N)CO[Si](C)(C)C(C)(C)C)(c2ccccc2)c2ccc(OC)cc2)cc1. The second-order valence-corrected chi connectivity index (χ2v) is 15.5. The van der Waals surface area contributed by atoms with Crippen LogP contribution in [0.1, 0.15) is 37.5 Å². The van der Waals surface area contributed by atoms with Gasteiger partial charge < -0.3 is 24.4 Å². The predicted octanol–water partition coefficient (Wildman–Crippen LogP) is 6.36. The predicted molar refractivity (Wildman–Crippen MR) is 149 cm³/mol. The first kappa shape index (κ1) is 27.9. The van der Waals surface area contributed by atoms with Crippen LogP contribution in [0.2, 0.25) is 18.1 Å². The van der Waals surface area contributed by atoms with E-state index in [9.17, 15) is 0 Å². The fourth-order valence-electron chi connectivity index (χ4n) is 3.89. The van der Waals surface area contributed by atoms with E-state index in [0.717, 1.165) is 28.2 Å². The first-order chi connectivity index (χ1) is 17.0. The number of methoxy groups -OCH3 is 2. The molecule has 0 fully saturated rings. The highest BCUT2D eigenvalue weighted by Gasteiger charge is 2.40. The highest BCUT2D eigenvalue weighted by molar-refractivity contribution is 6.74. The Morgan fingerprint density at radius 2 is 1.14 bits per heavy atom. The molecule has 3 aromatic rings. The van der Waals surface area contributed by atoms with E-state index in [2.05, 4.69) is 46.0 Å². The summed E-state index contributed by atoms with van der Waals surface area (Å²) in [5.41, 5.74) is 8.69. The number of nitrogens with two attached hydrogens (primary N) is 1. The normalized spacial score (nSPS) is 13.3. The van der Waals surface area contributed by atoms with Crippen molar-refractivity contribution in [2.45, 2.75) is 50.5 Å². The first-order valence-electron chi connectivity index (χ1n) is 12.4. The summed E-state index contributed by atoms with van der Waals surface area (Å²) in [6.45, 7) is 11.9. The maximum atomic E-state index is 6.88. The minimum Gasteiger partial charge on any atom is -0.497 e. The fourth-order valence-corrected chi connectivity index (χ4v) is 4.95. The molecular formula is C30H41NO4Si. The van der Waals surface area contributed by atoms with Gasteiger partial charge >= 0.3 is 0 Å². The first-order valence-corrected chi connectivity index (χ1v) is 15.3. The molecule has 3 aromatic carbocycles. The molecule has 0 aliphatic rings. The highest BCUT2D eigenvalue weighted by atomic mass is 28.4. The number of benzene rings is 3. The molecule has 0 amide bonds. The largest absolute Gasteiger partial charge is 0.497 e. The van der Waals surface area contributed by atoms with Gasteiger partial charge in [0.1, 0.15) is 17.1 Å². The van der Waals surface area contributed by atoms with Gasteiger partial charge in [0.05, 0.1) is 33.5 Å². The van der Waals surface area contributed by atoms with Crippen molar-refractivity contribution in [2.75, 3.05) is 27.4 Å². The third kappa shape index (κ3) is 6.18. The minimum absolute atomic E-state index is 0.119. The zero-order chi connectivity index (χ0) is 26.4. The molecule has 0 saturated carbocycles. The van der Waals surface area contributed by atoms with Gasteiger partial charge in [-0.3, -0.25) is 0 Å². The minimum atomic E-state index is -1.92. The van der Waals surface area contributed by atoms with Gasteiger partial charge in [-0.1, -0.05) is 75.4 Å². The number of hydrogen-bond donors (Lipinski definition) is 1. The van der Waals surface area contributed by atoms with E-state index in [1.54, 1.807) is 14.2 Å². The summed E-state index contributed by atoms with van der Waals surface area (Å²) in [6, 6.07) is 26.0. The summed E-state index contributed by atoms with van der Waals surface area (Å²) < 4.78 is 24.1. The summed E-state index contributed by atoms with van der Waals surface area (Å²) in [4.78, 5) is 0. The third-order valence-corrected chi connectivity index (χ3v) is 11.7. The van der Waals surface area contributed by atoms with Crippen molar-refractivity contribution in [1.82, 2.24) is 0 Å². The second-order valence-electron chi connectivity index (χ2n) is 10.6. The molecule has 3 rings (SSSR count). The van der Waals surface area contributed by atoms with Gasteiger partial charge in [0.25, 0.3) is 0 Å². The smallest absolute Gasteiger partial charge is 0.192 e. The molecular weight excluding hydrogens is 466 g/mol. The lowest BCUT2D eigenvalue weighted by Gasteiger charge is -2.38. The zero-order valence-electron chi connectivity index (χ0n) is 22.7. The molecule has 0 heterocycles. The van der Waals surface area contributed by atoms with Crippen LogP contribution in [0.15, 0.2) is 78.9 Å². The van der Waals surface area contributed by atoms with Crippen LogP contribution in [-0.2, 0) is 14.8 Å². The van der Waals surface area contributed by atoms with E-state index in [1.165, 1.54) is 0 Å². The van der Waals surface area contributed by atoms with Gasteiger partial charge in [-0.2, -0.15) is 0 Å². The number of rotatable bonds is 11. The molecule has 0 spiro atoms. The summed E-state index contributed by atoms with van der Waals surface area (Å²) >= 11 is 0. The molecule has 6 heteroatoms. The monoisotopic (exact) mass is 507 g/mol. The highest BCUT2D eigenvalue weighted by Crippen LogP contribution is 2.42. The standard InChI is InChI=1S/C30H41NO4Si/c1-29(2,3)36(6,7)35-22-26(31)21-34-30(23-11-9-8-10-12-23,24-13-17-27(32-4)18-14-24)25-15-19-28(33-5)20-16-25/h8-20,26H,21-22,31H2,1-7H3. The van der Waals surface area contributed by atoms with Gasteiger partial charge in [0, 0.05) is 0 Å². The molecule has 194 valence electrons. The Kier molecular flexibility index (Phi) is 9.01. The zero-order valence-corrected chi connectivity index (χ0v) is 23.7. The molecule has 0 aliphatic heterocycles. The van der Waals surface area contributed by atoms with Crippen LogP contribution in [0.5, 0.6) is 11.5 Å². The topological polar surface area (TPSA) is 62.9 Å². The molecule has 1 unspecified atom stereocenters. The maximum Gasteiger partial charge on any atom is 0.192 e. The van der Waals surface area contributed by atoms with Crippen molar-refractivity contribution in [3.05, 3.63) is 95.6 Å². The summed E-state index contributed by atoms with van der Waals surface area (Å²) in [6.07, 6.45) is 0. The Hall–Kier alpha value is -2.64. The van der Waals surface area contributed by atoms with Gasteiger partial charge in [-0.05, 0) is 59.1 Å². The summed E-state index contributed by atoms with van der Waals surface area (Å²) in [7, 11) is 1.42. The van der Waals surface area contributed by atoms with Crippen molar-refractivity contribution >= 4 is 8.32 Å². The van der Waals surface area contributed by atoms with Crippen LogP contribution in [-0.4, -0.2) is 41.8 Å². The lowest BCUT2D eigenvalue weighted by atomic mass is 9.80.